The van der Waals surface area contributed by atoms with Gasteiger partial charge in [-0.15, -0.1) is 0 Å². The average Bonchev–Trinajstić information content (AvgIpc) is 3.07. The number of nitrogens with two attached hydrogens (primary N) is 1. The summed E-state index contributed by atoms with van der Waals surface area (Å²) in [6.07, 6.45) is 1.09. The first-order valence-electron chi connectivity index (χ1n) is 5.89. The summed E-state index contributed by atoms with van der Waals surface area (Å²) in [4.78, 5) is 0. The summed E-state index contributed by atoms with van der Waals surface area (Å²) in [5.74, 6) is 0.858. The van der Waals surface area contributed by atoms with E-state index in [1.807, 2.05) is 18.2 Å². The van der Waals surface area contributed by atoms with Gasteiger partial charge in [0.15, 0.2) is 0 Å². The van der Waals surface area contributed by atoms with E-state index in [1.54, 1.807) is 6.07 Å². The molecule has 0 amide bonds. The van der Waals surface area contributed by atoms with E-state index in [1.165, 1.54) is 5.56 Å². The third kappa shape index (κ3) is 1.92. The van der Waals surface area contributed by atoms with Gasteiger partial charge in [0.25, 0.3) is 0 Å². The van der Waals surface area contributed by atoms with Crippen molar-refractivity contribution in [1.29, 1.82) is 0 Å². The van der Waals surface area contributed by atoms with Gasteiger partial charge in [-0.25, -0.2) is 0 Å². The Balaban J connectivity index is 1.92. The van der Waals surface area contributed by atoms with E-state index in [0.29, 0.717) is 17.7 Å². The van der Waals surface area contributed by atoms with Crippen LogP contribution in [0.25, 0.3) is 11.1 Å². The molecular formula is C15H15NO. The Morgan fingerprint density at radius 1 is 1.00 bits per heavy atom. The minimum absolute atomic E-state index is 0.323. The van der Waals surface area contributed by atoms with Crippen LogP contribution in [0.5, 0.6) is 5.75 Å². The average molecular weight is 225 g/mol. The van der Waals surface area contributed by atoms with Crippen LogP contribution in [-0.2, 0) is 0 Å². The lowest BCUT2D eigenvalue weighted by atomic mass is 10.0. The van der Waals surface area contributed by atoms with Crippen molar-refractivity contribution in [2.75, 3.05) is 0 Å². The molecule has 0 spiro atoms. The first kappa shape index (κ1) is 10.4. The maximum Gasteiger partial charge on any atom is 0.123 e. The van der Waals surface area contributed by atoms with Gasteiger partial charge in [-0.3, -0.25) is 0 Å². The van der Waals surface area contributed by atoms with Crippen molar-refractivity contribution in [3.05, 3.63) is 54.1 Å². The lowest BCUT2D eigenvalue weighted by molar-refractivity contribution is 0.477. The highest BCUT2D eigenvalue weighted by Crippen LogP contribution is 2.39. The molecule has 0 radical (unpaired) electrons. The van der Waals surface area contributed by atoms with Crippen molar-refractivity contribution >= 4 is 0 Å². The van der Waals surface area contributed by atoms with E-state index in [4.69, 9.17) is 5.73 Å². The Morgan fingerprint density at radius 2 is 1.65 bits per heavy atom. The molecule has 0 heterocycles. The van der Waals surface area contributed by atoms with Crippen molar-refractivity contribution < 1.29 is 5.11 Å². The highest BCUT2D eigenvalue weighted by atomic mass is 16.3. The smallest absolute Gasteiger partial charge is 0.123 e. The molecule has 1 saturated carbocycles. The molecule has 1 aliphatic carbocycles. The van der Waals surface area contributed by atoms with Gasteiger partial charge < -0.3 is 10.8 Å². The van der Waals surface area contributed by atoms with Gasteiger partial charge in [0, 0.05) is 17.5 Å². The van der Waals surface area contributed by atoms with Crippen LogP contribution < -0.4 is 5.73 Å². The maximum atomic E-state index is 9.78. The van der Waals surface area contributed by atoms with E-state index in [2.05, 4.69) is 24.3 Å². The second-order valence-electron chi connectivity index (χ2n) is 4.65. The lowest BCUT2D eigenvalue weighted by Gasteiger charge is -2.05. The van der Waals surface area contributed by atoms with Crippen LogP contribution in [0.15, 0.2) is 48.5 Å². The number of para-hydroxylation sites is 1. The first-order chi connectivity index (χ1) is 8.25. The van der Waals surface area contributed by atoms with Crippen LogP contribution >= 0.6 is 0 Å². The standard InChI is InChI=1S/C15H15NO/c16-14-9-13(14)11-7-5-10(6-8-11)12-3-1-2-4-15(12)17/h1-8,13-14,17H,9,16H2. The van der Waals surface area contributed by atoms with E-state index in [0.717, 1.165) is 17.5 Å². The molecule has 3 rings (SSSR count). The molecule has 2 aromatic carbocycles. The predicted molar refractivity (Wildman–Crippen MR) is 68.9 cm³/mol. The zero-order valence-electron chi connectivity index (χ0n) is 9.51. The first-order valence-corrected chi connectivity index (χ1v) is 5.89. The van der Waals surface area contributed by atoms with Gasteiger partial charge in [-0.2, -0.15) is 0 Å². The molecule has 0 aliphatic heterocycles. The molecule has 2 aromatic rings. The summed E-state index contributed by atoms with van der Waals surface area (Å²) in [6, 6.07) is 16.1. The Labute approximate surface area is 101 Å². The van der Waals surface area contributed by atoms with Crippen LogP contribution in [-0.4, -0.2) is 11.1 Å². The van der Waals surface area contributed by atoms with Gasteiger partial charge in [-0.05, 0) is 23.6 Å². The van der Waals surface area contributed by atoms with Crippen molar-refractivity contribution in [3.8, 4) is 16.9 Å². The fourth-order valence-corrected chi connectivity index (χ4v) is 2.23. The van der Waals surface area contributed by atoms with E-state index in [9.17, 15) is 5.11 Å². The Bertz CT molecular complexity index is 533. The van der Waals surface area contributed by atoms with Crippen molar-refractivity contribution in [2.45, 2.75) is 18.4 Å². The van der Waals surface area contributed by atoms with Crippen molar-refractivity contribution in [3.63, 3.8) is 0 Å². The molecule has 3 N–H and O–H groups in total. The van der Waals surface area contributed by atoms with Crippen LogP contribution in [0.2, 0.25) is 0 Å². The molecule has 0 bridgehead atoms. The number of phenolic OH excluding ortho intramolecular Hbond substituents is 1. The zero-order chi connectivity index (χ0) is 11.8. The summed E-state index contributed by atoms with van der Waals surface area (Å²) in [5.41, 5.74) is 9.05. The normalized spacial score (nSPS) is 22.4. The van der Waals surface area contributed by atoms with Crippen LogP contribution in [0.1, 0.15) is 17.9 Å². The quantitative estimate of drug-likeness (QED) is 0.825. The van der Waals surface area contributed by atoms with E-state index >= 15 is 0 Å². The fraction of sp³-hybridized carbons (Fsp3) is 0.200. The summed E-state index contributed by atoms with van der Waals surface area (Å²) < 4.78 is 0. The number of benzene rings is 2. The number of hydrogen-bond donors (Lipinski definition) is 2. The van der Waals surface area contributed by atoms with Gasteiger partial charge in [-0.1, -0.05) is 42.5 Å². The highest BCUT2D eigenvalue weighted by Gasteiger charge is 2.34. The molecule has 1 aliphatic rings. The van der Waals surface area contributed by atoms with Gasteiger partial charge in [0.05, 0.1) is 0 Å². The number of hydrogen-bond acceptors (Lipinski definition) is 2. The van der Waals surface area contributed by atoms with Gasteiger partial charge in [0.2, 0.25) is 0 Å². The fourth-order valence-electron chi connectivity index (χ4n) is 2.23. The van der Waals surface area contributed by atoms with Crippen LogP contribution in [0, 0.1) is 0 Å². The number of aromatic hydroxyl groups is 1. The summed E-state index contributed by atoms with van der Waals surface area (Å²) in [6.45, 7) is 0. The summed E-state index contributed by atoms with van der Waals surface area (Å²) >= 11 is 0. The number of phenols is 1. The predicted octanol–water partition coefficient (Wildman–Crippen LogP) is 2.87. The van der Waals surface area contributed by atoms with E-state index in [-0.39, 0.29) is 0 Å². The molecule has 0 aromatic heterocycles. The largest absolute Gasteiger partial charge is 0.507 e. The van der Waals surface area contributed by atoms with Gasteiger partial charge >= 0.3 is 0 Å². The summed E-state index contributed by atoms with van der Waals surface area (Å²) in [5, 5.41) is 9.78. The monoisotopic (exact) mass is 225 g/mol. The minimum Gasteiger partial charge on any atom is -0.507 e. The molecule has 86 valence electrons. The molecule has 2 atom stereocenters. The zero-order valence-corrected chi connectivity index (χ0v) is 9.51. The Kier molecular flexibility index (Phi) is 2.37. The molecule has 2 unspecified atom stereocenters. The maximum absolute atomic E-state index is 9.78. The third-order valence-corrected chi connectivity index (χ3v) is 3.39. The Morgan fingerprint density at radius 3 is 2.24 bits per heavy atom. The Hall–Kier alpha value is -1.80. The lowest BCUT2D eigenvalue weighted by Crippen LogP contribution is -2.00. The van der Waals surface area contributed by atoms with E-state index < -0.39 is 0 Å². The van der Waals surface area contributed by atoms with Crippen molar-refractivity contribution in [1.82, 2.24) is 0 Å². The highest BCUT2D eigenvalue weighted by molar-refractivity contribution is 5.70. The van der Waals surface area contributed by atoms with Crippen molar-refractivity contribution in [2.24, 2.45) is 5.73 Å². The van der Waals surface area contributed by atoms with Crippen LogP contribution in [0.4, 0.5) is 0 Å². The SMILES string of the molecule is NC1CC1c1ccc(-c2ccccc2O)cc1. The molecule has 1 fully saturated rings. The molecule has 2 heteroatoms. The third-order valence-electron chi connectivity index (χ3n) is 3.39. The second kappa shape index (κ2) is 3.90. The minimum atomic E-state index is 0.323. The van der Waals surface area contributed by atoms with Crippen LogP contribution in [0.3, 0.4) is 0 Å². The molecular weight excluding hydrogens is 210 g/mol. The molecule has 0 saturated heterocycles. The second-order valence-corrected chi connectivity index (χ2v) is 4.65. The molecule has 2 nitrogen and oxygen atoms in total. The summed E-state index contributed by atoms with van der Waals surface area (Å²) in [7, 11) is 0. The molecule has 17 heavy (non-hydrogen) atoms. The van der Waals surface area contributed by atoms with Gasteiger partial charge in [0.1, 0.15) is 5.75 Å². The number of rotatable bonds is 2. The topological polar surface area (TPSA) is 46.2 Å².